The summed E-state index contributed by atoms with van der Waals surface area (Å²) in [5, 5.41) is 12.1. The zero-order valence-corrected chi connectivity index (χ0v) is 11.1. The number of carboxylic acids is 1. The zero-order valence-electron chi connectivity index (χ0n) is 10.4. The molecule has 0 fully saturated rings. The van der Waals surface area contributed by atoms with E-state index in [1.54, 1.807) is 12.1 Å². The molecule has 0 radical (unpaired) electrons. The number of carboxylic acid groups (broad SMARTS) is 1. The average Bonchev–Trinajstić information content (AvgIpc) is 2.41. The summed E-state index contributed by atoms with van der Waals surface area (Å²) in [5.74, 6) is -1.56. The third kappa shape index (κ3) is 3.19. The molecule has 0 aliphatic rings. The minimum Gasteiger partial charge on any atom is -0.478 e. The Hall–Kier alpha value is -2.27. The van der Waals surface area contributed by atoms with E-state index in [9.17, 15) is 9.18 Å². The number of anilines is 2. The number of rotatable bonds is 4. The van der Waals surface area contributed by atoms with Gasteiger partial charge in [-0.2, -0.15) is 0 Å². The van der Waals surface area contributed by atoms with E-state index in [2.05, 4.69) is 5.32 Å². The van der Waals surface area contributed by atoms with Gasteiger partial charge in [0.2, 0.25) is 0 Å². The number of halogens is 2. The summed E-state index contributed by atoms with van der Waals surface area (Å²) in [6.45, 7) is 0.392. The van der Waals surface area contributed by atoms with Crippen molar-refractivity contribution in [3.05, 3.63) is 58.4 Å². The van der Waals surface area contributed by atoms with Gasteiger partial charge in [-0.25, -0.2) is 9.18 Å². The molecule has 2 aromatic carbocycles. The van der Waals surface area contributed by atoms with E-state index in [1.165, 1.54) is 24.3 Å². The predicted molar refractivity (Wildman–Crippen MR) is 76.6 cm³/mol. The first kappa shape index (κ1) is 14.1. The molecule has 0 aliphatic carbocycles. The quantitative estimate of drug-likeness (QED) is 0.756. The molecule has 4 nitrogen and oxygen atoms in total. The largest absolute Gasteiger partial charge is 0.478 e. The molecule has 2 rings (SSSR count). The predicted octanol–water partition coefficient (Wildman–Crippen LogP) is 3.37. The summed E-state index contributed by atoms with van der Waals surface area (Å²) in [5.41, 5.74) is 7.19. The van der Waals surface area contributed by atoms with Crippen LogP contribution in [0.4, 0.5) is 15.8 Å². The van der Waals surface area contributed by atoms with Crippen LogP contribution in [0.25, 0.3) is 0 Å². The second kappa shape index (κ2) is 5.79. The molecule has 0 aliphatic heterocycles. The first-order valence-corrected chi connectivity index (χ1v) is 6.16. The van der Waals surface area contributed by atoms with Crippen molar-refractivity contribution in [2.24, 2.45) is 0 Å². The molecule has 20 heavy (non-hydrogen) atoms. The fourth-order valence-electron chi connectivity index (χ4n) is 1.71. The van der Waals surface area contributed by atoms with Gasteiger partial charge < -0.3 is 16.2 Å². The number of aromatic carboxylic acids is 1. The molecular formula is C14H12ClFN2O2. The Morgan fingerprint density at radius 3 is 2.70 bits per heavy atom. The molecule has 6 heteroatoms. The van der Waals surface area contributed by atoms with Crippen LogP contribution < -0.4 is 11.1 Å². The fourth-order valence-corrected chi connectivity index (χ4v) is 1.91. The molecule has 0 aromatic heterocycles. The maximum atomic E-state index is 13.0. The van der Waals surface area contributed by atoms with Gasteiger partial charge in [0.15, 0.2) is 0 Å². The third-order valence-electron chi connectivity index (χ3n) is 2.76. The van der Waals surface area contributed by atoms with Gasteiger partial charge in [-0.15, -0.1) is 0 Å². The second-order valence-electron chi connectivity index (χ2n) is 4.21. The fraction of sp³-hybridized carbons (Fsp3) is 0.0714. The maximum absolute atomic E-state index is 13.0. The number of benzene rings is 2. The van der Waals surface area contributed by atoms with Crippen LogP contribution in [0.3, 0.4) is 0 Å². The Morgan fingerprint density at radius 1 is 1.30 bits per heavy atom. The Balaban J connectivity index is 2.12. The van der Waals surface area contributed by atoms with Gasteiger partial charge in [-0.1, -0.05) is 17.7 Å². The number of hydrogen-bond acceptors (Lipinski definition) is 3. The van der Waals surface area contributed by atoms with E-state index >= 15 is 0 Å². The van der Waals surface area contributed by atoms with E-state index in [0.29, 0.717) is 12.2 Å². The molecule has 0 bridgehead atoms. The van der Waals surface area contributed by atoms with Gasteiger partial charge in [0.25, 0.3) is 0 Å². The van der Waals surface area contributed by atoms with Crippen molar-refractivity contribution < 1.29 is 14.3 Å². The Bertz CT molecular complexity index is 662. The standard InChI is InChI=1S/C14H12ClFN2O2/c15-11-5-8(1-3-12(11)16)7-18-9-2-4-13(17)10(6-9)14(19)20/h1-6,18H,7,17H2,(H,19,20). The van der Waals surface area contributed by atoms with Crippen molar-refractivity contribution in [1.29, 1.82) is 0 Å². The van der Waals surface area contributed by atoms with Crippen molar-refractivity contribution in [2.45, 2.75) is 6.54 Å². The Morgan fingerprint density at radius 2 is 2.05 bits per heavy atom. The SMILES string of the molecule is Nc1ccc(NCc2ccc(F)c(Cl)c2)cc1C(=O)O. The van der Waals surface area contributed by atoms with Crippen LogP contribution in [0.1, 0.15) is 15.9 Å². The van der Waals surface area contributed by atoms with Crippen LogP contribution in [0, 0.1) is 5.82 Å². The van der Waals surface area contributed by atoms with E-state index in [1.807, 2.05) is 0 Å². The highest BCUT2D eigenvalue weighted by Gasteiger charge is 2.08. The van der Waals surface area contributed by atoms with Gasteiger partial charge in [0.1, 0.15) is 5.82 Å². The highest BCUT2D eigenvalue weighted by atomic mass is 35.5. The van der Waals surface area contributed by atoms with Crippen LogP contribution in [-0.4, -0.2) is 11.1 Å². The molecule has 2 aromatic rings. The second-order valence-corrected chi connectivity index (χ2v) is 4.62. The molecule has 0 heterocycles. The minimum atomic E-state index is -1.09. The molecule has 0 atom stereocenters. The normalized spacial score (nSPS) is 10.3. The number of nitrogen functional groups attached to an aromatic ring is 1. The van der Waals surface area contributed by atoms with Crippen LogP contribution >= 0.6 is 11.6 Å². The highest BCUT2D eigenvalue weighted by Crippen LogP contribution is 2.20. The van der Waals surface area contributed by atoms with Crippen LogP contribution in [0.5, 0.6) is 0 Å². The first-order chi connectivity index (χ1) is 9.47. The van der Waals surface area contributed by atoms with E-state index in [0.717, 1.165) is 5.56 Å². The molecule has 0 unspecified atom stereocenters. The van der Waals surface area contributed by atoms with Gasteiger partial charge >= 0.3 is 5.97 Å². The summed E-state index contributed by atoms with van der Waals surface area (Å²) in [6, 6.07) is 9.03. The summed E-state index contributed by atoms with van der Waals surface area (Å²) < 4.78 is 13.0. The molecule has 0 amide bonds. The van der Waals surface area contributed by atoms with Crippen LogP contribution in [-0.2, 0) is 6.54 Å². The molecule has 104 valence electrons. The van der Waals surface area contributed by atoms with Gasteiger partial charge in [-0.3, -0.25) is 0 Å². The monoisotopic (exact) mass is 294 g/mol. The molecule has 0 saturated carbocycles. The molecular weight excluding hydrogens is 283 g/mol. The number of hydrogen-bond donors (Lipinski definition) is 3. The summed E-state index contributed by atoms with van der Waals surface area (Å²) in [6.07, 6.45) is 0. The van der Waals surface area contributed by atoms with Crippen molar-refractivity contribution in [1.82, 2.24) is 0 Å². The number of carbonyl (C=O) groups is 1. The van der Waals surface area contributed by atoms with Crippen LogP contribution in [0.15, 0.2) is 36.4 Å². The summed E-state index contributed by atoms with van der Waals surface area (Å²) in [4.78, 5) is 11.0. The lowest BCUT2D eigenvalue weighted by Crippen LogP contribution is -2.05. The van der Waals surface area contributed by atoms with Crippen molar-refractivity contribution in [3.8, 4) is 0 Å². The van der Waals surface area contributed by atoms with Crippen molar-refractivity contribution >= 4 is 28.9 Å². The average molecular weight is 295 g/mol. The van der Waals surface area contributed by atoms with Gasteiger partial charge in [0.05, 0.1) is 10.6 Å². The van der Waals surface area contributed by atoms with E-state index in [4.69, 9.17) is 22.4 Å². The Labute approximate surface area is 120 Å². The lowest BCUT2D eigenvalue weighted by molar-refractivity contribution is 0.0698. The Kier molecular flexibility index (Phi) is 4.10. The number of nitrogens with one attached hydrogen (secondary N) is 1. The van der Waals surface area contributed by atoms with Crippen molar-refractivity contribution in [2.75, 3.05) is 11.1 Å². The van der Waals surface area contributed by atoms with Gasteiger partial charge in [-0.05, 0) is 35.9 Å². The summed E-state index contributed by atoms with van der Waals surface area (Å²) in [7, 11) is 0. The summed E-state index contributed by atoms with van der Waals surface area (Å²) >= 11 is 5.69. The molecule has 0 spiro atoms. The first-order valence-electron chi connectivity index (χ1n) is 5.78. The molecule has 4 N–H and O–H groups in total. The lowest BCUT2D eigenvalue weighted by Gasteiger charge is -2.09. The van der Waals surface area contributed by atoms with E-state index < -0.39 is 11.8 Å². The zero-order chi connectivity index (χ0) is 14.7. The van der Waals surface area contributed by atoms with Crippen molar-refractivity contribution in [3.63, 3.8) is 0 Å². The maximum Gasteiger partial charge on any atom is 0.337 e. The lowest BCUT2D eigenvalue weighted by atomic mass is 10.1. The van der Waals surface area contributed by atoms with E-state index in [-0.39, 0.29) is 16.3 Å². The molecule has 0 saturated heterocycles. The smallest absolute Gasteiger partial charge is 0.337 e. The van der Waals surface area contributed by atoms with Gasteiger partial charge in [0, 0.05) is 17.9 Å². The minimum absolute atomic E-state index is 0.0344. The topological polar surface area (TPSA) is 75.3 Å². The number of nitrogens with two attached hydrogens (primary N) is 1. The third-order valence-corrected chi connectivity index (χ3v) is 3.05. The van der Waals surface area contributed by atoms with Crippen LogP contribution in [0.2, 0.25) is 5.02 Å². The highest BCUT2D eigenvalue weighted by molar-refractivity contribution is 6.30.